The Labute approximate surface area is 100 Å². The Hall–Kier alpha value is -1.87. The predicted molar refractivity (Wildman–Crippen MR) is 67.9 cm³/mol. The van der Waals surface area contributed by atoms with Crippen LogP contribution in [0, 0.1) is 0 Å². The van der Waals surface area contributed by atoms with Crippen molar-refractivity contribution in [3.8, 4) is 0 Å². The molecule has 0 spiro atoms. The Morgan fingerprint density at radius 1 is 1.29 bits per heavy atom. The molecule has 0 heterocycles. The second-order valence-electron chi connectivity index (χ2n) is 4.06. The number of hydrogen-bond donors (Lipinski definition) is 1. The van der Waals surface area contributed by atoms with Gasteiger partial charge in [0.1, 0.15) is 0 Å². The van der Waals surface area contributed by atoms with Crippen molar-refractivity contribution in [3.63, 3.8) is 0 Å². The van der Waals surface area contributed by atoms with Crippen LogP contribution in [0.2, 0.25) is 0 Å². The summed E-state index contributed by atoms with van der Waals surface area (Å²) in [6.45, 7) is 1.95. The molecule has 0 saturated heterocycles. The minimum absolute atomic E-state index is 0.0253. The van der Waals surface area contributed by atoms with Gasteiger partial charge in [0.05, 0.1) is 12.7 Å². The maximum Gasteiger partial charge on any atom is 0.337 e. The molecule has 17 heavy (non-hydrogen) atoms. The van der Waals surface area contributed by atoms with Crippen molar-refractivity contribution in [2.75, 3.05) is 7.11 Å². The van der Waals surface area contributed by atoms with Gasteiger partial charge < -0.3 is 10.5 Å². The van der Waals surface area contributed by atoms with Crippen molar-refractivity contribution in [2.24, 2.45) is 5.73 Å². The van der Waals surface area contributed by atoms with Crippen molar-refractivity contribution >= 4 is 16.7 Å². The van der Waals surface area contributed by atoms with E-state index in [-0.39, 0.29) is 12.0 Å². The van der Waals surface area contributed by atoms with E-state index in [9.17, 15) is 4.79 Å². The van der Waals surface area contributed by atoms with Gasteiger partial charge in [-0.25, -0.2) is 4.79 Å². The maximum absolute atomic E-state index is 11.4. The zero-order valence-electron chi connectivity index (χ0n) is 9.94. The number of carbonyl (C=O) groups excluding carboxylic acids is 1. The molecule has 0 amide bonds. The largest absolute Gasteiger partial charge is 0.465 e. The Bertz CT molecular complexity index is 561. The van der Waals surface area contributed by atoms with Crippen molar-refractivity contribution < 1.29 is 9.53 Å². The third-order valence-electron chi connectivity index (χ3n) is 2.83. The fourth-order valence-electron chi connectivity index (χ4n) is 1.95. The molecule has 0 aromatic heterocycles. The lowest BCUT2D eigenvalue weighted by Gasteiger charge is -2.10. The summed E-state index contributed by atoms with van der Waals surface area (Å²) in [4.78, 5) is 11.4. The number of ether oxygens (including phenoxy) is 1. The van der Waals surface area contributed by atoms with Crippen molar-refractivity contribution in [3.05, 3.63) is 47.5 Å². The lowest BCUT2D eigenvalue weighted by Crippen LogP contribution is -2.06. The second-order valence-corrected chi connectivity index (χ2v) is 4.06. The molecule has 2 aromatic rings. The van der Waals surface area contributed by atoms with Gasteiger partial charge in [-0.3, -0.25) is 0 Å². The fraction of sp³-hybridized carbons (Fsp3) is 0.214. The number of methoxy groups -OCH3 is 1. The highest BCUT2D eigenvalue weighted by atomic mass is 16.5. The number of rotatable bonds is 2. The van der Waals surface area contributed by atoms with Gasteiger partial charge in [0, 0.05) is 6.04 Å². The molecule has 2 rings (SSSR count). The van der Waals surface area contributed by atoms with Crippen LogP contribution in [0.3, 0.4) is 0 Å². The summed E-state index contributed by atoms with van der Waals surface area (Å²) in [5.74, 6) is -0.321. The van der Waals surface area contributed by atoms with Crippen LogP contribution in [-0.2, 0) is 4.74 Å². The summed E-state index contributed by atoms with van der Waals surface area (Å²) in [7, 11) is 1.38. The first-order valence-corrected chi connectivity index (χ1v) is 5.50. The highest BCUT2D eigenvalue weighted by Crippen LogP contribution is 2.24. The third kappa shape index (κ3) is 2.15. The SMILES string of the molecule is COC(=O)c1ccc2c([C@@H](C)N)cccc2c1. The molecule has 0 radical (unpaired) electrons. The smallest absolute Gasteiger partial charge is 0.337 e. The zero-order valence-corrected chi connectivity index (χ0v) is 9.94. The lowest BCUT2D eigenvalue weighted by atomic mass is 9.98. The average Bonchev–Trinajstić information content (AvgIpc) is 2.36. The maximum atomic E-state index is 11.4. The van der Waals surface area contributed by atoms with E-state index in [1.54, 1.807) is 6.07 Å². The summed E-state index contributed by atoms with van der Waals surface area (Å²) in [6.07, 6.45) is 0. The molecule has 3 nitrogen and oxygen atoms in total. The van der Waals surface area contributed by atoms with Gasteiger partial charge in [-0.05, 0) is 35.4 Å². The number of fused-ring (bicyclic) bond motifs is 1. The monoisotopic (exact) mass is 229 g/mol. The van der Waals surface area contributed by atoms with Crippen molar-refractivity contribution in [2.45, 2.75) is 13.0 Å². The number of hydrogen-bond acceptors (Lipinski definition) is 3. The lowest BCUT2D eigenvalue weighted by molar-refractivity contribution is 0.0601. The van der Waals surface area contributed by atoms with Gasteiger partial charge in [0.25, 0.3) is 0 Å². The van der Waals surface area contributed by atoms with E-state index in [0.29, 0.717) is 5.56 Å². The number of nitrogens with two attached hydrogens (primary N) is 1. The molecule has 0 saturated carbocycles. The van der Waals surface area contributed by atoms with Crippen molar-refractivity contribution in [1.29, 1.82) is 0 Å². The molecule has 2 aromatic carbocycles. The van der Waals surface area contributed by atoms with Crippen LogP contribution in [0.4, 0.5) is 0 Å². The second kappa shape index (κ2) is 4.55. The van der Waals surface area contributed by atoms with E-state index in [0.717, 1.165) is 16.3 Å². The molecule has 88 valence electrons. The Morgan fingerprint density at radius 2 is 2.06 bits per heavy atom. The van der Waals surface area contributed by atoms with Gasteiger partial charge in [-0.2, -0.15) is 0 Å². The molecular weight excluding hydrogens is 214 g/mol. The molecule has 0 aliphatic carbocycles. The minimum atomic E-state index is -0.321. The average molecular weight is 229 g/mol. The van der Waals surface area contributed by atoms with E-state index in [4.69, 9.17) is 10.5 Å². The quantitative estimate of drug-likeness (QED) is 0.805. The van der Waals surface area contributed by atoms with Gasteiger partial charge in [-0.1, -0.05) is 24.3 Å². The van der Waals surface area contributed by atoms with E-state index in [1.165, 1.54) is 7.11 Å². The first kappa shape index (κ1) is 11.6. The van der Waals surface area contributed by atoms with Gasteiger partial charge in [0.15, 0.2) is 0 Å². The Balaban J connectivity index is 2.60. The van der Waals surface area contributed by atoms with E-state index >= 15 is 0 Å². The van der Waals surface area contributed by atoms with Gasteiger partial charge in [0.2, 0.25) is 0 Å². The summed E-state index contributed by atoms with van der Waals surface area (Å²) < 4.78 is 4.70. The number of benzene rings is 2. The fourth-order valence-corrected chi connectivity index (χ4v) is 1.95. The van der Waals surface area contributed by atoms with Gasteiger partial charge >= 0.3 is 5.97 Å². The molecule has 1 atom stereocenters. The molecular formula is C14H15NO2. The molecule has 3 heteroatoms. The topological polar surface area (TPSA) is 52.3 Å². The third-order valence-corrected chi connectivity index (χ3v) is 2.83. The Morgan fingerprint density at radius 3 is 2.71 bits per heavy atom. The summed E-state index contributed by atoms with van der Waals surface area (Å²) in [5, 5.41) is 2.08. The zero-order chi connectivity index (χ0) is 12.4. The van der Waals surface area contributed by atoms with Crippen LogP contribution in [0.25, 0.3) is 10.8 Å². The van der Waals surface area contributed by atoms with Gasteiger partial charge in [-0.15, -0.1) is 0 Å². The van der Waals surface area contributed by atoms with E-state index in [1.807, 2.05) is 37.3 Å². The normalized spacial score (nSPS) is 12.4. The first-order chi connectivity index (χ1) is 8.13. The molecule has 2 N–H and O–H groups in total. The van der Waals surface area contributed by atoms with Crippen LogP contribution >= 0.6 is 0 Å². The van der Waals surface area contributed by atoms with Crippen LogP contribution < -0.4 is 5.73 Å². The number of carbonyl (C=O) groups is 1. The minimum Gasteiger partial charge on any atom is -0.465 e. The molecule has 0 unspecified atom stereocenters. The highest BCUT2D eigenvalue weighted by molar-refractivity contribution is 5.96. The predicted octanol–water partition coefficient (Wildman–Crippen LogP) is 2.65. The Kier molecular flexibility index (Phi) is 3.11. The molecule has 0 aliphatic rings. The molecule has 0 fully saturated rings. The highest BCUT2D eigenvalue weighted by Gasteiger charge is 2.09. The van der Waals surface area contributed by atoms with Crippen molar-refractivity contribution in [1.82, 2.24) is 0 Å². The summed E-state index contributed by atoms with van der Waals surface area (Å²) >= 11 is 0. The van der Waals surface area contributed by atoms with E-state index < -0.39 is 0 Å². The summed E-state index contributed by atoms with van der Waals surface area (Å²) in [6, 6.07) is 11.4. The van der Waals surface area contributed by atoms with Crippen LogP contribution in [0.5, 0.6) is 0 Å². The van der Waals surface area contributed by atoms with Crippen LogP contribution in [0.15, 0.2) is 36.4 Å². The molecule has 0 aliphatic heterocycles. The molecule has 0 bridgehead atoms. The van der Waals surface area contributed by atoms with Crippen LogP contribution in [-0.4, -0.2) is 13.1 Å². The first-order valence-electron chi connectivity index (χ1n) is 5.50. The number of esters is 1. The van der Waals surface area contributed by atoms with E-state index in [2.05, 4.69) is 0 Å². The summed E-state index contributed by atoms with van der Waals surface area (Å²) in [5.41, 5.74) is 7.55. The van der Waals surface area contributed by atoms with Crippen LogP contribution in [0.1, 0.15) is 28.9 Å². The standard InChI is InChI=1S/C14H15NO2/c1-9(15)12-5-3-4-10-8-11(14(16)17-2)6-7-13(10)12/h3-9H,15H2,1-2H3/t9-/m1/s1.